The van der Waals surface area contributed by atoms with E-state index in [2.05, 4.69) is 27.4 Å². The quantitative estimate of drug-likeness (QED) is 0.456. The molecule has 0 unspecified atom stereocenters. The summed E-state index contributed by atoms with van der Waals surface area (Å²) >= 11 is 5.98. The molecule has 0 atom stereocenters. The maximum absolute atomic E-state index is 12.9. The minimum atomic E-state index is -0.170. The third-order valence-corrected chi connectivity index (χ3v) is 5.23. The minimum Gasteiger partial charge on any atom is -0.313 e. The number of hydrogen-bond acceptors (Lipinski definition) is 4. The minimum absolute atomic E-state index is 0.170. The Morgan fingerprint density at radius 3 is 2.52 bits per heavy atom. The molecule has 6 nitrogen and oxygen atoms in total. The topological polar surface area (TPSA) is 65.1 Å². The van der Waals surface area contributed by atoms with Crippen molar-refractivity contribution in [2.75, 3.05) is 0 Å². The van der Waals surface area contributed by atoms with Gasteiger partial charge in [-0.15, -0.1) is 10.2 Å². The third kappa shape index (κ3) is 3.17. The van der Waals surface area contributed by atoms with Crippen molar-refractivity contribution >= 4 is 28.3 Å². The molecular weight excluding hydrogens is 386 g/mol. The van der Waals surface area contributed by atoms with E-state index in [9.17, 15) is 4.79 Å². The number of hydrogen-bond donors (Lipinski definition) is 0. The second-order valence-electron chi connectivity index (χ2n) is 6.78. The fourth-order valence-corrected chi connectivity index (χ4v) is 3.56. The molecule has 5 aromatic rings. The van der Waals surface area contributed by atoms with Crippen molar-refractivity contribution in [3.05, 3.63) is 94.0 Å². The normalized spacial score (nSPS) is 11.3. The van der Waals surface area contributed by atoms with Crippen molar-refractivity contribution in [2.24, 2.45) is 0 Å². The van der Waals surface area contributed by atoms with Crippen LogP contribution in [0.5, 0.6) is 0 Å². The molecule has 0 amide bonds. The SMILES string of the molecule is O=c1c2nnc3c(-c4ccc(Cl)cc4)cnn3c2ccn1CCc1ccccc1. The number of rotatable bonds is 4. The van der Waals surface area contributed by atoms with Crippen molar-refractivity contribution < 1.29 is 0 Å². The number of benzene rings is 2. The highest BCUT2D eigenvalue weighted by molar-refractivity contribution is 6.30. The predicted octanol–water partition coefficient (Wildman–Crippen LogP) is 4.00. The zero-order valence-electron chi connectivity index (χ0n) is 15.4. The van der Waals surface area contributed by atoms with E-state index in [0.29, 0.717) is 28.2 Å². The van der Waals surface area contributed by atoms with Crippen molar-refractivity contribution in [2.45, 2.75) is 13.0 Å². The van der Waals surface area contributed by atoms with Gasteiger partial charge in [-0.3, -0.25) is 4.79 Å². The molecule has 0 spiro atoms. The van der Waals surface area contributed by atoms with Gasteiger partial charge < -0.3 is 4.57 Å². The number of nitrogens with zero attached hydrogens (tertiary/aromatic N) is 5. The summed E-state index contributed by atoms with van der Waals surface area (Å²) in [5.41, 5.74) is 4.33. The van der Waals surface area contributed by atoms with E-state index < -0.39 is 0 Å². The van der Waals surface area contributed by atoms with Gasteiger partial charge in [0.1, 0.15) is 5.52 Å². The largest absolute Gasteiger partial charge is 0.313 e. The second-order valence-corrected chi connectivity index (χ2v) is 7.22. The van der Waals surface area contributed by atoms with Crippen LogP contribution >= 0.6 is 11.6 Å². The standard InChI is InChI=1S/C22H16ClN5O/c23-17-8-6-16(7-9-17)18-14-24-28-19-11-13-27(12-10-15-4-2-1-3-5-15)22(29)20(19)25-26-21(18)28/h1-9,11,13-14H,10,12H2. The molecule has 0 aliphatic heterocycles. The van der Waals surface area contributed by atoms with Crippen molar-refractivity contribution in [1.29, 1.82) is 0 Å². The summed E-state index contributed by atoms with van der Waals surface area (Å²) in [6.45, 7) is 0.577. The van der Waals surface area contributed by atoms with Gasteiger partial charge in [0.15, 0.2) is 11.2 Å². The van der Waals surface area contributed by atoms with E-state index in [0.717, 1.165) is 17.5 Å². The maximum atomic E-state index is 12.9. The molecule has 3 heterocycles. The van der Waals surface area contributed by atoms with E-state index in [1.165, 1.54) is 5.56 Å². The maximum Gasteiger partial charge on any atom is 0.280 e. The predicted molar refractivity (Wildman–Crippen MR) is 113 cm³/mol. The van der Waals surface area contributed by atoms with Crippen molar-refractivity contribution in [1.82, 2.24) is 24.4 Å². The van der Waals surface area contributed by atoms with Crippen LogP contribution in [0.3, 0.4) is 0 Å². The summed E-state index contributed by atoms with van der Waals surface area (Å²) in [5.74, 6) is 0. The van der Waals surface area contributed by atoms with Gasteiger partial charge in [0.2, 0.25) is 0 Å². The lowest BCUT2D eigenvalue weighted by atomic mass is 10.1. The molecule has 0 saturated carbocycles. The first-order valence-electron chi connectivity index (χ1n) is 9.24. The van der Waals surface area contributed by atoms with Crippen LogP contribution in [-0.4, -0.2) is 24.4 Å². The Morgan fingerprint density at radius 2 is 1.72 bits per heavy atom. The number of fused-ring (bicyclic) bond motifs is 3. The van der Waals surface area contributed by atoms with Crippen LogP contribution in [0.2, 0.25) is 5.02 Å². The van der Waals surface area contributed by atoms with Crippen LogP contribution in [-0.2, 0) is 13.0 Å². The zero-order valence-corrected chi connectivity index (χ0v) is 16.1. The first kappa shape index (κ1) is 17.6. The number of aryl methyl sites for hydroxylation is 2. The van der Waals surface area contributed by atoms with E-state index >= 15 is 0 Å². The Hall–Kier alpha value is -3.51. The monoisotopic (exact) mass is 401 g/mol. The van der Waals surface area contributed by atoms with Gasteiger partial charge in [-0.2, -0.15) is 5.10 Å². The highest BCUT2D eigenvalue weighted by Gasteiger charge is 2.14. The third-order valence-electron chi connectivity index (χ3n) is 4.97. The van der Waals surface area contributed by atoms with Crippen molar-refractivity contribution in [3.8, 4) is 11.1 Å². The van der Waals surface area contributed by atoms with E-state index in [4.69, 9.17) is 11.6 Å². The molecule has 0 N–H and O–H groups in total. The summed E-state index contributed by atoms with van der Waals surface area (Å²) in [4.78, 5) is 12.9. The smallest absolute Gasteiger partial charge is 0.280 e. The lowest BCUT2D eigenvalue weighted by Crippen LogP contribution is -2.22. The Labute approximate surface area is 171 Å². The molecule has 0 saturated heterocycles. The second kappa shape index (κ2) is 7.14. The average Bonchev–Trinajstić information content (AvgIpc) is 3.19. The van der Waals surface area contributed by atoms with E-state index in [-0.39, 0.29) is 5.56 Å². The molecule has 0 aliphatic carbocycles. The number of halogens is 1. The summed E-state index contributed by atoms with van der Waals surface area (Å²) in [6, 6.07) is 19.4. The zero-order chi connectivity index (χ0) is 19.8. The summed E-state index contributed by atoms with van der Waals surface area (Å²) in [7, 11) is 0. The van der Waals surface area contributed by atoms with Crippen LogP contribution in [0.15, 0.2) is 77.9 Å². The molecule has 2 aromatic carbocycles. The average molecular weight is 402 g/mol. The molecule has 0 radical (unpaired) electrons. The highest BCUT2D eigenvalue weighted by atomic mass is 35.5. The van der Waals surface area contributed by atoms with Crippen LogP contribution in [0.1, 0.15) is 5.56 Å². The molecule has 29 heavy (non-hydrogen) atoms. The number of pyridine rings is 1. The fourth-order valence-electron chi connectivity index (χ4n) is 3.43. The van der Waals surface area contributed by atoms with Crippen LogP contribution < -0.4 is 5.56 Å². The van der Waals surface area contributed by atoms with E-state index in [1.807, 2.05) is 48.5 Å². The lowest BCUT2D eigenvalue weighted by Gasteiger charge is -2.07. The van der Waals surface area contributed by atoms with Gasteiger partial charge in [0, 0.05) is 23.3 Å². The molecule has 3 aromatic heterocycles. The highest BCUT2D eigenvalue weighted by Crippen LogP contribution is 2.25. The van der Waals surface area contributed by atoms with E-state index in [1.54, 1.807) is 21.5 Å². The fraction of sp³-hybridized carbons (Fsp3) is 0.0909. The molecule has 0 bridgehead atoms. The van der Waals surface area contributed by atoms with Gasteiger partial charge in [-0.1, -0.05) is 54.1 Å². The molecule has 0 fully saturated rings. The summed E-state index contributed by atoms with van der Waals surface area (Å²) in [6.07, 6.45) is 4.29. The Balaban J connectivity index is 1.55. The molecular formula is C22H16ClN5O. The Bertz CT molecular complexity index is 1370. The lowest BCUT2D eigenvalue weighted by molar-refractivity contribution is 0.672. The van der Waals surface area contributed by atoms with Gasteiger partial charge >= 0.3 is 0 Å². The molecule has 0 aliphatic rings. The molecule has 142 valence electrons. The van der Waals surface area contributed by atoms with Crippen LogP contribution in [0.25, 0.3) is 27.8 Å². The van der Waals surface area contributed by atoms with Crippen LogP contribution in [0.4, 0.5) is 0 Å². The first-order valence-corrected chi connectivity index (χ1v) is 9.62. The van der Waals surface area contributed by atoms with Gasteiger partial charge in [0.25, 0.3) is 5.56 Å². The van der Waals surface area contributed by atoms with Crippen molar-refractivity contribution in [3.63, 3.8) is 0 Å². The van der Waals surface area contributed by atoms with Crippen LogP contribution in [0, 0.1) is 0 Å². The summed E-state index contributed by atoms with van der Waals surface area (Å²) < 4.78 is 3.33. The number of aromatic nitrogens is 5. The molecule has 7 heteroatoms. The van der Waals surface area contributed by atoms with Gasteiger partial charge in [0.05, 0.1) is 6.20 Å². The molecule has 5 rings (SSSR count). The summed E-state index contributed by atoms with van der Waals surface area (Å²) in [5, 5.41) is 13.6. The van der Waals surface area contributed by atoms with Gasteiger partial charge in [-0.05, 0) is 35.7 Å². The van der Waals surface area contributed by atoms with Gasteiger partial charge in [-0.25, -0.2) is 4.52 Å². The Kier molecular flexibility index (Phi) is 4.33. The first-order chi connectivity index (χ1) is 14.2. The Morgan fingerprint density at radius 1 is 0.931 bits per heavy atom.